The number of halogens is 1. The lowest BCUT2D eigenvalue weighted by molar-refractivity contribution is -0.136. The quantitative estimate of drug-likeness (QED) is 0.824. The van der Waals surface area contributed by atoms with E-state index in [4.69, 9.17) is 0 Å². The van der Waals surface area contributed by atoms with Gasteiger partial charge in [-0.05, 0) is 75.1 Å². The van der Waals surface area contributed by atoms with Crippen LogP contribution in [0, 0.1) is 11.7 Å². The predicted molar refractivity (Wildman–Crippen MR) is 92.1 cm³/mol. The summed E-state index contributed by atoms with van der Waals surface area (Å²) >= 11 is 0. The van der Waals surface area contributed by atoms with Crippen LogP contribution in [0.5, 0.6) is 0 Å². The monoisotopic (exact) mass is 330 g/mol. The number of benzene rings is 1. The summed E-state index contributed by atoms with van der Waals surface area (Å²) in [6.07, 6.45) is 5.75. The number of amides is 1. The highest BCUT2D eigenvalue weighted by molar-refractivity contribution is 5.79. The molecule has 130 valence electrons. The van der Waals surface area contributed by atoms with Gasteiger partial charge in [-0.3, -0.25) is 9.69 Å². The second kappa shape index (κ2) is 6.14. The minimum absolute atomic E-state index is 0.102. The molecule has 24 heavy (non-hydrogen) atoms. The maximum Gasteiger partial charge on any atom is 0.237 e. The Morgan fingerprint density at radius 1 is 1.33 bits per heavy atom. The van der Waals surface area contributed by atoms with Gasteiger partial charge in [-0.15, -0.1) is 0 Å². The molecular weight excluding hydrogens is 303 g/mol. The van der Waals surface area contributed by atoms with E-state index in [1.165, 1.54) is 18.4 Å². The van der Waals surface area contributed by atoms with Crippen LogP contribution >= 0.6 is 0 Å². The van der Waals surface area contributed by atoms with E-state index < -0.39 is 0 Å². The van der Waals surface area contributed by atoms with Gasteiger partial charge >= 0.3 is 0 Å². The number of rotatable bonds is 5. The minimum Gasteiger partial charge on any atom is -0.336 e. The summed E-state index contributed by atoms with van der Waals surface area (Å²) in [5.74, 6) is 0.794. The van der Waals surface area contributed by atoms with Crippen molar-refractivity contribution in [3.05, 3.63) is 35.1 Å². The molecule has 3 aliphatic rings. The fourth-order valence-electron chi connectivity index (χ4n) is 4.23. The number of fused-ring (bicyclic) bond motifs is 1. The Hall–Kier alpha value is -1.42. The zero-order valence-electron chi connectivity index (χ0n) is 14.7. The molecule has 2 saturated carbocycles. The number of hydrogen-bond acceptors (Lipinski definition) is 2. The molecule has 0 aromatic heterocycles. The third kappa shape index (κ3) is 3.08. The van der Waals surface area contributed by atoms with Crippen LogP contribution in [0.4, 0.5) is 4.39 Å². The molecule has 2 unspecified atom stereocenters. The molecule has 1 heterocycles. The molecule has 0 bridgehead atoms. The summed E-state index contributed by atoms with van der Waals surface area (Å²) in [5, 5.41) is 0. The van der Waals surface area contributed by atoms with Crippen LogP contribution < -0.4 is 0 Å². The normalized spacial score (nSPS) is 25.2. The van der Waals surface area contributed by atoms with Crippen molar-refractivity contribution in [3.63, 3.8) is 0 Å². The molecule has 4 rings (SSSR count). The van der Waals surface area contributed by atoms with Crippen molar-refractivity contribution in [2.75, 3.05) is 13.1 Å². The highest BCUT2D eigenvalue weighted by Crippen LogP contribution is 2.40. The molecule has 3 nitrogen and oxygen atoms in total. The zero-order valence-corrected chi connectivity index (χ0v) is 14.7. The number of nitrogens with zero attached hydrogens (tertiary/aromatic N) is 2. The molecule has 2 fully saturated rings. The average molecular weight is 330 g/mol. The van der Waals surface area contributed by atoms with Crippen LogP contribution in [0.1, 0.15) is 56.7 Å². The Kier molecular flexibility index (Phi) is 4.11. The van der Waals surface area contributed by atoms with Crippen LogP contribution in [-0.4, -0.2) is 40.9 Å². The molecule has 2 aliphatic carbocycles. The Morgan fingerprint density at radius 2 is 2.08 bits per heavy atom. The predicted octanol–water partition coefficient (Wildman–Crippen LogP) is 3.53. The first kappa shape index (κ1) is 16.1. The second-order valence-corrected chi connectivity index (χ2v) is 7.85. The summed E-state index contributed by atoms with van der Waals surface area (Å²) in [5.41, 5.74) is 2.26. The van der Waals surface area contributed by atoms with Gasteiger partial charge in [0.25, 0.3) is 0 Å². The van der Waals surface area contributed by atoms with Gasteiger partial charge < -0.3 is 4.90 Å². The van der Waals surface area contributed by atoms with Gasteiger partial charge in [-0.1, -0.05) is 6.07 Å². The fourth-order valence-corrected chi connectivity index (χ4v) is 4.23. The lowest BCUT2D eigenvalue weighted by Gasteiger charge is -2.37. The van der Waals surface area contributed by atoms with Gasteiger partial charge in [0.05, 0.1) is 6.54 Å². The van der Waals surface area contributed by atoms with E-state index in [0.717, 1.165) is 31.4 Å². The molecule has 1 aromatic rings. The largest absolute Gasteiger partial charge is 0.336 e. The standard InChI is InChI=1S/C20H27FN2O/c1-13(15-3-4-15)23(18-7-8-18)20(24)12-22-10-9-16-5-6-17(21)11-19(16)14(22)2/h5-6,11,13-15,18H,3-4,7-10,12H2,1-2H3. The Morgan fingerprint density at radius 3 is 2.75 bits per heavy atom. The first-order valence-corrected chi connectivity index (χ1v) is 9.38. The smallest absolute Gasteiger partial charge is 0.237 e. The summed E-state index contributed by atoms with van der Waals surface area (Å²) in [6, 6.07) is 6.03. The van der Waals surface area contributed by atoms with E-state index >= 15 is 0 Å². The van der Waals surface area contributed by atoms with Gasteiger partial charge in [0, 0.05) is 24.7 Å². The lowest BCUT2D eigenvalue weighted by atomic mass is 9.93. The van der Waals surface area contributed by atoms with Crippen LogP contribution in [0.2, 0.25) is 0 Å². The molecule has 1 aliphatic heterocycles. The second-order valence-electron chi connectivity index (χ2n) is 7.85. The fraction of sp³-hybridized carbons (Fsp3) is 0.650. The van der Waals surface area contributed by atoms with Crippen LogP contribution in [0.15, 0.2) is 18.2 Å². The summed E-state index contributed by atoms with van der Waals surface area (Å²) < 4.78 is 13.6. The molecule has 1 amide bonds. The molecule has 1 aromatic carbocycles. The average Bonchev–Trinajstić information content (AvgIpc) is 3.44. The first-order valence-electron chi connectivity index (χ1n) is 9.38. The SMILES string of the molecule is CC1c2cc(F)ccc2CCN1CC(=O)N(C1CC1)C(C)C1CC1. The van der Waals surface area contributed by atoms with Crippen LogP contribution in [-0.2, 0) is 11.2 Å². The number of carbonyl (C=O) groups is 1. The molecule has 2 atom stereocenters. The minimum atomic E-state index is -0.185. The van der Waals surface area contributed by atoms with Gasteiger partial charge in [-0.2, -0.15) is 0 Å². The number of hydrogen-bond donors (Lipinski definition) is 0. The first-order chi connectivity index (χ1) is 11.5. The van der Waals surface area contributed by atoms with Crippen molar-refractivity contribution < 1.29 is 9.18 Å². The van der Waals surface area contributed by atoms with E-state index in [1.54, 1.807) is 12.1 Å². The maximum atomic E-state index is 13.6. The van der Waals surface area contributed by atoms with Crippen molar-refractivity contribution >= 4 is 5.91 Å². The van der Waals surface area contributed by atoms with Crippen molar-refractivity contribution in [1.82, 2.24) is 9.80 Å². The van der Waals surface area contributed by atoms with Gasteiger partial charge in [0.15, 0.2) is 0 Å². The molecule has 0 radical (unpaired) electrons. The summed E-state index contributed by atoms with van der Waals surface area (Å²) in [6.45, 7) is 5.65. The van der Waals surface area contributed by atoms with Gasteiger partial charge in [0.1, 0.15) is 5.82 Å². The summed E-state index contributed by atoms with van der Waals surface area (Å²) in [7, 11) is 0. The highest BCUT2D eigenvalue weighted by atomic mass is 19.1. The van der Waals surface area contributed by atoms with Crippen LogP contribution in [0.3, 0.4) is 0 Å². The van der Waals surface area contributed by atoms with E-state index in [0.29, 0.717) is 24.5 Å². The molecule has 0 spiro atoms. The molecular formula is C20H27FN2O. The van der Waals surface area contributed by atoms with Crippen LogP contribution in [0.25, 0.3) is 0 Å². The van der Waals surface area contributed by atoms with E-state index in [1.807, 2.05) is 6.07 Å². The van der Waals surface area contributed by atoms with Gasteiger partial charge in [0.2, 0.25) is 5.91 Å². The molecule has 0 saturated heterocycles. The zero-order chi connectivity index (χ0) is 16.8. The van der Waals surface area contributed by atoms with Crippen molar-refractivity contribution in [2.45, 2.75) is 64.1 Å². The maximum absolute atomic E-state index is 13.6. The summed E-state index contributed by atoms with van der Waals surface area (Å²) in [4.78, 5) is 17.4. The van der Waals surface area contributed by atoms with E-state index in [-0.39, 0.29) is 17.8 Å². The Labute approximate surface area is 143 Å². The topological polar surface area (TPSA) is 23.6 Å². The Balaban J connectivity index is 1.47. The number of carbonyl (C=O) groups excluding carboxylic acids is 1. The molecule has 0 N–H and O–H groups in total. The third-order valence-corrected chi connectivity index (χ3v) is 6.08. The lowest BCUT2D eigenvalue weighted by Crippen LogP contribution is -2.48. The van der Waals surface area contributed by atoms with E-state index in [2.05, 4.69) is 23.6 Å². The third-order valence-electron chi connectivity index (χ3n) is 6.08. The van der Waals surface area contributed by atoms with E-state index in [9.17, 15) is 9.18 Å². The Bertz CT molecular complexity index is 639. The van der Waals surface area contributed by atoms with Crippen molar-refractivity contribution in [1.29, 1.82) is 0 Å². The highest BCUT2D eigenvalue weighted by Gasteiger charge is 2.42. The van der Waals surface area contributed by atoms with Crippen molar-refractivity contribution in [2.24, 2.45) is 5.92 Å². The van der Waals surface area contributed by atoms with Crippen molar-refractivity contribution in [3.8, 4) is 0 Å². The molecule has 4 heteroatoms. The van der Waals surface area contributed by atoms with Gasteiger partial charge in [-0.25, -0.2) is 4.39 Å².